The number of carbonyl (C=O) groups is 2. The monoisotopic (exact) mass is 408 g/mol. The molecular formula is C22H24N4O4. The van der Waals surface area contributed by atoms with Crippen molar-refractivity contribution in [2.45, 2.75) is 20.3 Å². The summed E-state index contributed by atoms with van der Waals surface area (Å²) in [6.45, 7) is 3.93. The Morgan fingerprint density at radius 3 is 2.47 bits per heavy atom. The molecule has 0 aliphatic carbocycles. The van der Waals surface area contributed by atoms with E-state index >= 15 is 0 Å². The molecule has 1 N–H and O–H groups in total. The van der Waals surface area contributed by atoms with E-state index in [-0.39, 0.29) is 18.1 Å². The van der Waals surface area contributed by atoms with Gasteiger partial charge in [0, 0.05) is 18.4 Å². The molecule has 30 heavy (non-hydrogen) atoms. The molecule has 0 aliphatic heterocycles. The Labute approximate surface area is 174 Å². The fourth-order valence-electron chi connectivity index (χ4n) is 2.90. The Bertz CT molecular complexity index is 1010. The van der Waals surface area contributed by atoms with Gasteiger partial charge >= 0.3 is 5.97 Å². The van der Waals surface area contributed by atoms with E-state index < -0.39 is 5.97 Å². The maximum atomic E-state index is 12.1. The lowest BCUT2D eigenvalue weighted by molar-refractivity contribution is -0.124. The second-order valence-corrected chi connectivity index (χ2v) is 6.77. The summed E-state index contributed by atoms with van der Waals surface area (Å²) in [6, 6.07) is 12.8. The van der Waals surface area contributed by atoms with Gasteiger partial charge in [0.05, 0.1) is 18.4 Å². The zero-order chi connectivity index (χ0) is 21.5. The van der Waals surface area contributed by atoms with Gasteiger partial charge in [-0.25, -0.2) is 14.5 Å². The minimum absolute atomic E-state index is 0.270. The Kier molecular flexibility index (Phi) is 6.79. The standard InChI is InChI=1S/C22H24N4O4/c1-15-12-16(2)26(25-15)20-9-6-18(13-24-20)22(28)30-14-21(27)23-11-10-17-4-7-19(29-3)8-5-17/h4-9,12-13H,10-11,14H2,1-3H3,(H,23,27). The van der Waals surface area contributed by atoms with Gasteiger partial charge < -0.3 is 14.8 Å². The van der Waals surface area contributed by atoms with Crippen molar-refractivity contribution >= 4 is 11.9 Å². The molecule has 2 heterocycles. The van der Waals surface area contributed by atoms with Crippen LogP contribution in [-0.4, -0.2) is 46.9 Å². The largest absolute Gasteiger partial charge is 0.497 e. The second kappa shape index (κ2) is 9.69. The third kappa shape index (κ3) is 5.44. The van der Waals surface area contributed by atoms with Crippen LogP contribution in [0.4, 0.5) is 0 Å². The number of amides is 1. The Hall–Kier alpha value is -3.68. The van der Waals surface area contributed by atoms with E-state index in [1.54, 1.807) is 23.9 Å². The molecule has 0 atom stereocenters. The van der Waals surface area contributed by atoms with Crippen LogP contribution in [0.5, 0.6) is 5.75 Å². The molecule has 0 aliphatic rings. The van der Waals surface area contributed by atoms with Crippen molar-refractivity contribution in [2.24, 2.45) is 0 Å². The van der Waals surface area contributed by atoms with E-state index in [4.69, 9.17) is 9.47 Å². The lowest BCUT2D eigenvalue weighted by Crippen LogP contribution is -2.30. The van der Waals surface area contributed by atoms with Crippen LogP contribution in [0.1, 0.15) is 27.3 Å². The second-order valence-electron chi connectivity index (χ2n) is 6.77. The first-order chi connectivity index (χ1) is 14.5. The number of methoxy groups -OCH3 is 1. The molecule has 8 nitrogen and oxygen atoms in total. The van der Waals surface area contributed by atoms with Crippen LogP contribution in [-0.2, 0) is 16.0 Å². The van der Waals surface area contributed by atoms with Gasteiger partial charge in [0.25, 0.3) is 5.91 Å². The molecule has 2 aromatic heterocycles. The number of aromatic nitrogens is 3. The molecule has 156 valence electrons. The smallest absolute Gasteiger partial charge is 0.340 e. The molecular weight excluding hydrogens is 384 g/mol. The van der Waals surface area contributed by atoms with Gasteiger partial charge in [-0.1, -0.05) is 12.1 Å². The predicted octanol–water partition coefficient (Wildman–Crippen LogP) is 2.41. The van der Waals surface area contributed by atoms with Crippen LogP contribution >= 0.6 is 0 Å². The van der Waals surface area contributed by atoms with Crippen LogP contribution in [0.2, 0.25) is 0 Å². The van der Waals surface area contributed by atoms with Crippen molar-refractivity contribution in [3.05, 3.63) is 71.2 Å². The molecule has 0 unspecified atom stereocenters. The molecule has 3 aromatic rings. The number of hydrogen-bond donors (Lipinski definition) is 1. The number of hydrogen-bond acceptors (Lipinski definition) is 6. The third-order valence-electron chi connectivity index (χ3n) is 4.44. The summed E-state index contributed by atoms with van der Waals surface area (Å²) in [4.78, 5) is 28.3. The number of carbonyl (C=O) groups excluding carboxylic acids is 2. The molecule has 1 aromatic carbocycles. The SMILES string of the molecule is COc1ccc(CCNC(=O)COC(=O)c2ccc(-n3nc(C)cc3C)nc2)cc1. The minimum Gasteiger partial charge on any atom is -0.497 e. The van der Waals surface area contributed by atoms with Crippen LogP contribution in [0, 0.1) is 13.8 Å². The maximum absolute atomic E-state index is 12.1. The van der Waals surface area contributed by atoms with Gasteiger partial charge in [-0.2, -0.15) is 5.10 Å². The highest BCUT2D eigenvalue weighted by Crippen LogP contribution is 2.12. The summed E-state index contributed by atoms with van der Waals surface area (Å²) < 4.78 is 11.9. The molecule has 1 amide bonds. The van der Waals surface area contributed by atoms with E-state index in [1.165, 1.54) is 6.20 Å². The summed E-state index contributed by atoms with van der Waals surface area (Å²) in [5.74, 6) is 0.428. The van der Waals surface area contributed by atoms with Crippen LogP contribution in [0.25, 0.3) is 5.82 Å². The van der Waals surface area contributed by atoms with Gasteiger partial charge in [0.1, 0.15) is 5.75 Å². The van der Waals surface area contributed by atoms with Gasteiger partial charge in [0.15, 0.2) is 12.4 Å². The molecule has 0 radical (unpaired) electrons. The van der Waals surface area contributed by atoms with E-state index in [9.17, 15) is 9.59 Å². The zero-order valence-electron chi connectivity index (χ0n) is 17.2. The van der Waals surface area contributed by atoms with Gasteiger partial charge in [-0.3, -0.25) is 4.79 Å². The van der Waals surface area contributed by atoms with Crippen molar-refractivity contribution < 1.29 is 19.1 Å². The predicted molar refractivity (Wildman–Crippen MR) is 111 cm³/mol. The van der Waals surface area contributed by atoms with Crippen LogP contribution < -0.4 is 10.1 Å². The minimum atomic E-state index is -0.604. The number of benzene rings is 1. The number of pyridine rings is 1. The average Bonchev–Trinajstić information content (AvgIpc) is 3.10. The van der Waals surface area contributed by atoms with E-state index in [1.807, 2.05) is 44.2 Å². The number of ether oxygens (including phenoxy) is 2. The molecule has 0 spiro atoms. The maximum Gasteiger partial charge on any atom is 0.340 e. The summed E-state index contributed by atoms with van der Waals surface area (Å²) >= 11 is 0. The van der Waals surface area contributed by atoms with Crippen molar-refractivity contribution in [2.75, 3.05) is 20.3 Å². The molecule has 0 saturated carbocycles. The Morgan fingerprint density at radius 2 is 1.87 bits per heavy atom. The number of nitrogens with one attached hydrogen (secondary N) is 1. The van der Waals surface area contributed by atoms with Gasteiger partial charge in [-0.05, 0) is 56.2 Å². The fraction of sp³-hybridized carbons (Fsp3) is 0.273. The third-order valence-corrected chi connectivity index (χ3v) is 4.44. The van der Waals surface area contributed by atoms with Crippen LogP contribution in [0.15, 0.2) is 48.7 Å². The average molecular weight is 408 g/mol. The number of aryl methyl sites for hydroxylation is 2. The van der Waals surface area contributed by atoms with Crippen molar-refractivity contribution in [3.63, 3.8) is 0 Å². The van der Waals surface area contributed by atoms with Crippen molar-refractivity contribution in [3.8, 4) is 11.6 Å². The first-order valence-electron chi connectivity index (χ1n) is 9.52. The number of nitrogens with zero attached hydrogens (tertiary/aromatic N) is 3. The highest BCUT2D eigenvalue weighted by Gasteiger charge is 2.12. The Morgan fingerprint density at radius 1 is 1.10 bits per heavy atom. The number of rotatable bonds is 8. The molecule has 3 rings (SSSR count). The summed E-state index contributed by atoms with van der Waals surface area (Å²) in [6.07, 6.45) is 2.08. The topological polar surface area (TPSA) is 95.3 Å². The van der Waals surface area contributed by atoms with Gasteiger partial charge in [-0.15, -0.1) is 0 Å². The normalized spacial score (nSPS) is 10.5. The lowest BCUT2D eigenvalue weighted by atomic mass is 10.1. The summed E-state index contributed by atoms with van der Waals surface area (Å²) in [7, 11) is 1.61. The summed E-state index contributed by atoms with van der Waals surface area (Å²) in [5, 5.41) is 7.08. The van der Waals surface area contributed by atoms with Gasteiger partial charge in [0.2, 0.25) is 0 Å². The van der Waals surface area contributed by atoms with Crippen molar-refractivity contribution in [1.82, 2.24) is 20.1 Å². The molecule has 0 bridgehead atoms. The van der Waals surface area contributed by atoms with Crippen molar-refractivity contribution in [1.29, 1.82) is 0 Å². The fourth-order valence-corrected chi connectivity index (χ4v) is 2.90. The quantitative estimate of drug-likeness (QED) is 0.575. The molecule has 0 saturated heterocycles. The van der Waals surface area contributed by atoms with E-state index in [2.05, 4.69) is 15.4 Å². The summed E-state index contributed by atoms with van der Waals surface area (Å²) in [5.41, 5.74) is 3.17. The van der Waals surface area contributed by atoms with E-state index in [0.717, 1.165) is 22.7 Å². The highest BCUT2D eigenvalue weighted by molar-refractivity contribution is 5.91. The number of esters is 1. The zero-order valence-corrected chi connectivity index (χ0v) is 17.2. The lowest BCUT2D eigenvalue weighted by Gasteiger charge is -2.08. The first kappa shape index (κ1) is 21.0. The van der Waals surface area contributed by atoms with Crippen LogP contribution in [0.3, 0.4) is 0 Å². The first-order valence-corrected chi connectivity index (χ1v) is 9.52. The molecule has 0 fully saturated rings. The highest BCUT2D eigenvalue weighted by atomic mass is 16.5. The molecule has 8 heteroatoms. The van der Waals surface area contributed by atoms with E-state index in [0.29, 0.717) is 18.8 Å². The Balaban J connectivity index is 1.44.